The van der Waals surface area contributed by atoms with Crippen molar-refractivity contribution in [2.24, 2.45) is 0 Å². The molecule has 4 heterocycles. The molecular formula is C13H15N4O3S+. The van der Waals surface area contributed by atoms with Gasteiger partial charge in [0.1, 0.15) is 24.3 Å². The van der Waals surface area contributed by atoms with Crippen molar-refractivity contribution in [1.29, 1.82) is 0 Å². The molecule has 0 saturated carbocycles. The second-order valence-corrected chi connectivity index (χ2v) is 5.97. The Morgan fingerprint density at radius 3 is 2.95 bits per heavy atom. The number of ether oxygens (including phenoxy) is 1. The first-order chi connectivity index (χ1) is 10.3. The zero-order chi connectivity index (χ0) is 14.2. The van der Waals surface area contributed by atoms with Crippen molar-refractivity contribution in [1.82, 2.24) is 14.6 Å². The number of hydrogen-bond donors (Lipinski definition) is 2. The Labute approximate surface area is 124 Å². The van der Waals surface area contributed by atoms with E-state index in [4.69, 9.17) is 9.15 Å². The molecule has 3 aromatic heterocycles. The quantitative estimate of drug-likeness (QED) is 0.717. The predicted octanol–water partition coefficient (Wildman–Crippen LogP) is 0.0939. The first-order valence-corrected chi connectivity index (χ1v) is 7.63. The number of fused-ring (bicyclic) bond motifs is 1. The van der Waals surface area contributed by atoms with Gasteiger partial charge in [-0.2, -0.15) is 9.61 Å². The fourth-order valence-corrected chi connectivity index (χ4v) is 3.87. The van der Waals surface area contributed by atoms with Gasteiger partial charge in [0.15, 0.2) is 11.8 Å². The van der Waals surface area contributed by atoms with Gasteiger partial charge in [0.25, 0.3) is 0 Å². The Morgan fingerprint density at radius 1 is 1.38 bits per heavy atom. The molecule has 7 nitrogen and oxygen atoms in total. The van der Waals surface area contributed by atoms with Crippen LogP contribution in [0.4, 0.5) is 0 Å². The third-order valence-electron chi connectivity index (χ3n) is 3.77. The van der Waals surface area contributed by atoms with E-state index in [1.54, 1.807) is 6.26 Å². The molecule has 0 aliphatic carbocycles. The van der Waals surface area contributed by atoms with E-state index in [2.05, 4.69) is 10.1 Å². The van der Waals surface area contributed by atoms with Crippen LogP contribution in [-0.2, 0) is 4.74 Å². The highest BCUT2D eigenvalue weighted by molar-refractivity contribution is 7.17. The van der Waals surface area contributed by atoms with E-state index in [0.29, 0.717) is 18.2 Å². The third kappa shape index (κ3) is 2.11. The highest BCUT2D eigenvalue weighted by Crippen LogP contribution is 2.34. The summed E-state index contributed by atoms with van der Waals surface area (Å²) in [6.45, 7) is 3.18. The lowest BCUT2D eigenvalue weighted by Gasteiger charge is -2.29. The van der Waals surface area contributed by atoms with Crippen molar-refractivity contribution in [2.45, 2.75) is 6.04 Å². The summed E-state index contributed by atoms with van der Waals surface area (Å²) in [5.41, 5.74) is 0. The van der Waals surface area contributed by atoms with Crippen LogP contribution in [0.15, 0.2) is 29.1 Å². The maximum Gasteiger partial charge on any atom is 0.235 e. The smallest absolute Gasteiger partial charge is 0.235 e. The monoisotopic (exact) mass is 307 g/mol. The van der Waals surface area contributed by atoms with Gasteiger partial charge in [-0.25, -0.2) is 4.98 Å². The fraction of sp³-hybridized carbons (Fsp3) is 0.385. The lowest BCUT2D eigenvalue weighted by atomic mass is 10.1. The Balaban J connectivity index is 1.81. The maximum absolute atomic E-state index is 10.5. The number of furan rings is 1. The first kappa shape index (κ1) is 12.8. The lowest BCUT2D eigenvalue weighted by molar-refractivity contribution is -0.933. The van der Waals surface area contributed by atoms with Crippen LogP contribution in [0.3, 0.4) is 0 Å². The van der Waals surface area contributed by atoms with Crippen LogP contribution in [0.25, 0.3) is 4.96 Å². The molecule has 3 aromatic rings. The van der Waals surface area contributed by atoms with E-state index in [0.717, 1.165) is 23.7 Å². The number of thiazole rings is 1. The summed E-state index contributed by atoms with van der Waals surface area (Å²) in [7, 11) is 0. The summed E-state index contributed by atoms with van der Waals surface area (Å²) in [6.07, 6.45) is 3.11. The average Bonchev–Trinajstić information content (AvgIpc) is 3.22. The Hall–Kier alpha value is -1.90. The van der Waals surface area contributed by atoms with Crippen molar-refractivity contribution in [2.75, 3.05) is 26.3 Å². The van der Waals surface area contributed by atoms with Crippen molar-refractivity contribution in [3.05, 3.63) is 35.4 Å². The van der Waals surface area contributed by atoms with Crippen LogP contribution in [0, 0.1) is 0 Å². The van der Waals surface area contributed by atoms with Crippen LogP contribution >= 0.6 is 11.3 Å². The minimum absolute atomic E-state index is 0.0580. The van der Waals surface area contributed by atoms with E-state index in [9.17, 15) is 5.11 Å². The molecule has 0 aromatic carbocycles. The molecular weight excluding hydrogens is 292 g/mol. The number of aromatic nitrogens is 3. The molecule has 1 aliphatic rings. The summed E-state index contributed by atoms with van der Waals surface area (Å²) in [4.78, 5) is 6.99. The second kappa shape index (κ2) is 5.14. The molecule has 21 heavy (non-hydrogen) atoms. The van der Waals surface area contributed by atoms with Crippen LogP contribution < -0.4 is 4.90 Å². The maximum atomic E-state index is 10.5. The Morgan fingerprint density at radius 2 is 2.24 bits per heavy atom. The summed E-state index contributed by atoms with van der Waals surface area (Å²) in [5.74, 6) is 0.986. The van der Waals surface area contributed by atoms with Crippen LogP contribution in [0.1, 0.15) is 16.7 Å². The Kier molecular flexibility index (Phi) is 3.13. The van der Waals surface area contributed by atoms with Gasteiger partial charge in [0, 0.05) is 0 Å². The summed E-state index contributed by atoms with van der Waals surface area (Å²) in [5, 5.41) is 14.5. The molecule has 2 N–H and O–H groups in total. The number of morpholine rings is 1. The van der Waals surface area contributed by atoms with Crippen LogP contribution in [-0.4, -0.2) is 46.0 Å². The number of aromatic hydroxyl groups is 1. The van der Waals surface area contributed by atoms with Crippen molar-refractivity contribution < 1.29 is 19.2 Å². The molecule has 0 bridgehead atoms. The van der Waals surface area contributed by atoms with Crippen LogP contribution in [0.2, 0.25) is 0 Å². The lowest BCUT2D eigenvalue weighted by Crippen LogP contribution is -3.14. The summed E-state index contributed by atoms with van der Waals surface area (Å²) >= 11 is 1.45. The summed E-state index contributed by atoms with van der Waals surface area (Å²) < 4.78 is 12.5. The molecule has 0 radical (unpaired) electrons. The molecule has 0 amide bonds. The summed E-state index contributed by atoms with van der Waals surface area (Å²) in [6, 6.07) is 3.76. The SMILES string of the molecule is Oc1c([C@@H](c2ccco2)[NH+]2CCOCC2)sc2ncnn12. The normalized spacial score (nSPS) is 18.3. The van der Waals surface area contributed by atoms with Gasteiger partial charge in [-0.05, 0) is 12.1 Å². The van der Waals surface area contributed by atoms with Crippen molar-refractivity contribution in [3.8, 4) is 5.88 Å². The third-order valence-corrected chi connectivity index (χ3v) is 4.87. The van der Waals surface area contributed by atoms with E-state index >= 15 is 0 Å². The number of quaternary nitrogens is 1. The zero-order valence-corrected chi connectivity index (χ0v) is 12.0. The molecule has 0 unspecified atom stereocenters. The molecule has 110 valence electrons. The van der Waals surface area contributed by atoms with Gasteiger partial charge in [-0.3, -0.25) is 0 Å². The molecule has 1 saturated heterocycles. The second-order valence-electron chi connectivity index (χ2n) is 4.96. The largest absolute Gasteiger partial charge is 0.492 e. The van der Waals surface area contributed by atoms with Gasteiger partial charge in [0.05, 0.1) is 19.5 Å². The standard InChI is InChI=1S/C13H14N4O3S/c18-12-11(21-13-14-8-15-17(12)13)10(9-2-1-5-20-9)16-3-6-19-7-4-16/h1-2,5,8,10,18H,3-4,6-7H2/p+1/t10-/m1/s1. The number of nitrogens with zero attached hydrogens (tertiary/aromatic N) is 3. The van der Waals surface area contributed by atoms with Crippen molar-refractivity contribution in [3.63, 3.8) is 0 Å². The minimum atomic E-state index is -0.0580. The first-order valence-electron chi connectivity index (χ1n) is 6.81. The molecule has 1 fully saturated rings. The van der Waals surface area contributed by atoms with E-state index in [1.807, 2.05) is 12.1 Å². The molecule has 0 spiro atoms. The van der Waals surface area contributed by atoms with E-state index < -0.39 is 0 Å². The topological polar surface area (TPSA) is 77.2 Å². The predicted molar refractivity (Wildman–Crippen MR) is 74.6 cm³/mol. The molecule has 8 heteroatoms. The Bertz CT molecular complexity index is 730. The fourth-order valence-electron chi connectivity index (χ4n) is 2.78. The highest BCUT2D eigenvalue weighted by Gasteiger charge is 2.35. The average molecular weight is 307 g/mol. The molecule has 1 atom stereocenters. The zero-order valence-electron chi connectivity index (χ0n) is 11.2. The van der Waals surface area contributed by atoms with Gasteiger partial charge in [-0.15, -0.1) is 0 Å². The van der Waals surface area contributed by atoms with Crippen molar-refractivity contribution >= 4 is 16.3 Å². The number of hydrogen-bond acceptors (Lipinski definition) is 6. The highest BCUT2D eigenvalue weighted by atomic mass is 32.1. The van der Waals surface area contributed by atoms with Gasteiger partial charge >= 0.3 is 0 Å². The number of nitrogens with one attached hydrogen (secondary N) is 1. The van der Waals surface area contributed by atoms with E-state index in [1.165, 1.54) is 27.1 Å². The molecule has 1 aliphatic heterocycles. The van der Waals surface area contributed by atoms with E-state index in [-0.39, 0.29) is 11.9 Å². The van der Waals surface area contributed by atoms with Gasteiger partial charge in [0.2, 0.25) is 10.8 Å². The molecule has 4 rings (SSSR count). The minimum Gasteiger partial charge on any atom is -0.492 e. The van der Waals surface area contributed by atoms with Gasteiger partial charge < -0.3 is 19.2 Å². The van der Waals surface area contributed by atoms with Gasteiger partial charge in [-0.1, -0.05) is 11.3 Å². The number of rotatable bonds is 3. The van der Waals surface area contributed by atoms with Crippen LogP contribution in [0.5, 0.6) is 5.88 Å².